The molecule has 0 radical (unpaired) electrons. The summed E-state index contributed by atoms with van der Waals surface area (Å²) < 4.78 is 35.3. The molecule has 2 N–H and O–H groups in total. The lowest BCUT2D eigenvalue weighted by Gasteiger charge is -2.17. The molecule has 0 aromatic carbocycles. The van der Waals surface area contributed by atoms with Crippen molar-refractivity contribution in [3.8, 4) is 0 Å². The lowest BCUT2D eigenvalue weighted by Crippen LogP contribution is -2.46. The quantitative estimate of drug-likeness (QED) is 0.655. The zero-order valence-electron chi connectivity index (χ0n) is 6.64. The second kappa shape index (κ2) is 3.75. The van der Waals surface area contributed by atoms with E-state index in [9.17, 15) is 18.0 Å². The first-order valence-electron chi connectivity index (χ1n) is 3.30. The number of carbonyl (C=O) groups is 1. The van der Waals surface area contributed by atoms with Crippen molar-refractivity contribution in [1.29, 1.82) is 0 Å². The first-order valence-corrected chi connectivity index (χ1v) is 3.30. The Balaban J connectivity index is 4.02. The van der Waals surface area contributed by atoms with Crippen molar-refractivity contribution in [2.75, 3.05) is 0 Å². The molecular weight excluding hydrogens is 175 g/mol. The summed E-state index contributed by atoms with van der Waals surface area (Å²) in [7, 11) is 0. The summed E-state index contributed by atoms with van der Waals surface area (Å²) in [5.74, 6) is -1.03. The van der Waals surface area contributed by atoms with Crippen LogP contribution in [-0.4, -0.2) is 29.3 Å². The molecule has 0 aliphatic carbocycles. The molecule has 12 heavy (non-hydrogen) atoms. The van der Waals surface area contributed by atoms with E-state index >= 15 is 0 Å². The van der Waals surface area contributed by atoms with Gasteiger partial charge in [0.2, 0.25) is 5.91 Å². The van der Waals surface area contributed by atoms with E-state index in [0.29, 0.717) is 0 Å². The minimum atomic E-state index is -4.47. The molecule has 2 atom stereocenters. The van der Waals surface area contributed by atoms with Crippen LogP contribution in [0.5, 0.6) is 0 Å². The van der Waals surface area contributed by atoms with Crippen LogP contribution >= 0.6 is 0 Å². The molecule has 0 rings (SSSR count). The first-order chi connectivity index (χ1) is 5.25. The fraction of sp³-hybridized carbons (Fsp3) is 0.833. The van der Waals surface area contributed by atoms with Crippen molar-refractivity contribution in [3.63, 3.8) is 0 Å². The Labute approximate surface area is 67.6 Å². The van der Waals surface area contributed by atoms with Gasteiger partial charge in [0.25, 0.3) is 0 Å². The van der Waals surface area contributed by atoms with E-state index in [1.165, 1.54) is 0 Å². The van der Waals surface area contributed by atoms with Crippen LogP contribution in [0.3, 0.4) is 0 Å². The number of amides is 1. The van der Waals surface area contributed by atoms with Crippen LogP contribution in [0.15, 0.2) is 0 Å². The van der Waals surface area contributed by atoms with E-state index < -0.39 is 24.2 Å². The maximum Gasteiger partial charge on any atom is 0.408 e. The molecule has 0 spiro atoms. The second-order valence-corrected chi connectivity index (χ2v) is 2.45. The highest BCUT2D eigenvalue weighted by Gasteiger charge is 2.37. The normalized spacial score (nSPS) is 16.8. The van der Waals surface area contributed by atoms with Crippen LogP contribution in [0.25, 0.3) is 0 Å². The van der Waals surface area contributed by atoms with Gasteiger partial charge in [-0.05, 0) is 13.8 Å². The lowest BCUT2D eigenvalue weighted by atomic mass is 10.3. The van der Waals surface area contributed by atoms with Gasteiger partial charge in [-0.2, -0.15) is 13.2 Å². The van der Waals surface area contributed by atoms with Gasteiger partial charge >= 0.3 is 6.18 Å². The number of aliphatic hydroxyl groups excluding tert-OH is 1. The summed E-state index contributed by atoms with van der Waals surface area (Å²) in [4.78, 5) is 10.5. The lowest BCUT2D eigenvalue weighted by molar-refractivity contribution is -0.160. The number of nitrogens with one attached hydrogen (secondary N) is 1. The smallest absolute Gasteiger partial charge is 0.384 e. The number of halogens is 3. The molecule has 0 saturated carbocycles. The average molecular weight is 185 g/mol. The maximum atomic E-state index is 11.8. The van der Waals surface area contributed by atoms with Gasteiger partial charge in [0.15, 0.2) is 0 Å². The van der Waals surface area contributed by atoms with Gasteiger partial charge in [0.05, 0.1) is 0 Å². The van der Waals surface area contributed by atoms with Gasteiger partial charge in [-0.25, -0.2) is 0 Å². The Morgan fingerprint density at radius 1 is 1.42 bits per heavy atom. The van der Waals surface area contributed by atoms with Crippen molar-refractivity contribution in [3.05, 3.63) is 0 Å². The molecule has 0 fully saturated rings. The summed E-state index contributed by atoms with van der Waals surface area (Å²) >= 11 is 0. The highest BCUT2D eigenvalue weighted by Crippen LogP contribution is 2.19. The Bertz CT molecular complexity index is 167. The molecule has 1 amide bonds. The molecular formula is C6H10F3NO2. The van der Waals surface area contributed by atoms with Crippen molar-refractivity contribution in [2.24, 2.45) is 0 Å². The Morgan fingerprint density at radius 3 is 2.08 bits per heavy atom. The summed E-state index contributed by atoms with van der Waals surface area (Å²) in [6, 6.07) is -1.93. The topological polar surface area (TPSA) is 49.3 Å². The Hall–Kier alpha value is -0.780. The minimum Gasteiger partial charge on any atom is -0.384 e. The predicted molar refractivity (Wildman–Crippen MR) is 35.3 cm³/mol. The molecule has 6 heteroatoms. The summed E-state index contributed by atoms with van der Waals surface area (Å²) in [5.41, 5.74) is 0. The van der Waals surface area contributed by atoms with Crippen LogP contribution in [0, 0.1) is 0 Å². The largest absolute Gasteiger partial charge is 0.408 e. The van der Waals surface area contributed by atoms with Gasteiger partial charge in [0, 0.05) is 0 Å². The number of hydrogen-bond donors (Lipinski definition) is 2. The van der Waals surface area contributed by atoms with E-state index in [1.54, 1.807) is 5.32 Å². The number of rotatable bonds is 2. The number of carbonyl (C=O) groups excluding carboxylic acids is 1. The highest BCUT2D eigenvalue weighted by molar-refractivity contribution is 5.80. The third kappa shape index (κ3) is 3.56. The molecule has 72 valence electrons. The van der Waals surface area contributed by atoms with E-state index in [0.717, 1.165) is 13.8 Å². The van der Waals surface area contributed by atoms with Crippen LogP contribution in [0.1, 0.15) is 13.8 Å². The molecule has 0 aromatic rings. The van der Waals surface area contributed by atoms with Crippen molar-refractivity contribution >= 4 is 5.91 Å². The molecule has 2 unspecified atom stereocenters. The molecule has 0 heterocycles. The monoisotopic (exact) mass is 185 g/mol. The fourth-order valence-electron chi connectivity index (χ4n) is 0.416. The van der Waals surface area contributed by atoms with Crippen molar-refractivity contribution < 1.29 is 23.1 Å². The Morgan fingerprint density at radius 2 is 1.83 bits per heavy atom. The molecule has 0 bridgehead atoms. The zero-order chi connectivity index (χ0) is 9.94. The predicted octanol–water partition coefficient (Wildman–Crippen LogP) is 0.434. The third-order valence-corrected chi connectivity index (χ3v) is 1.23. The summed E-state index contributed by atoms with van der Waals surface area (Å²) in [5, 5.41) is 10.2. The summed E-state index contributed by atoms with van der Waals surface area (Å²) in [6.07, 6.45) is -5.89. The van der Waals surface area contributed by atoms with Crippen LogP contribution < -0.4 is 5.32 Å². The van der Waals surface area contributed by atoms with E-state index in [4.69, 9.17) is 5.11 Å². The van der Waals surface area contributed by atoms with Gasteiger partial charge < -0.3 is 10.4 Å². The second-order valence-electron chi connectivity index (χ2n) is 2.45. The van der Waals surface area contributed by atoms with Crippen molar-refractivity contribution in [1.82, 2.24) is 5.32 Å². The minimum absolute atomic E-state index is 0.806. The van der Waals surface area contributed by atoms with Gasteiger partial charge in [-0.15, -0.1) is 0 Å². The van der Waals surface area contributed by atoms with Crippen molar-refractivity contribution in [2.45, 2.75) is 32.2 Å². The molecule has 3 nitrogen and oxygen atoms in total. The first kappa shape index (κ1) is 11.2. The van der Waals surface area contributed by atoms with Crippen LogP contribution in [0.4, 0.5) is 13.2 Å². The van der Waals surface area contributed by atoms with E-state index in [1.807, 2.05) is 0 Å². The van der Waals surface area contributed by atoms with Gasteiger partial charge in [0.1, 0.15) is 12.1 Å². The van der Waals surface area contributed by atoms with Gasteiger partial charge in [-0.3, -0.25) is 4.79 Å². The van der Waals surface area contributed by atoms with Gasteiger partial charge in [-0.1, -0.05) is 0 Å². The standard InChI is InChI=1S/C6H10F3NO2/c1-3(11)5(12)10-4(2)6(7,8)9/h3-4,11H,1-2H3,(H,10,12). The molecule has 0 aliphatic rings. The number of aliphatic hydroxyl groups is 1. The van der Waals surface area contributed by atoms with Crippen LogP contribution in [0.2, 0.25) is 0 Å². The summed E-state index contributed by atoms with van der Waals surface area (Å²) in [6.45, 7) is 1.90. The van der Waals surface area contributed by atoms with E-state index in [-0.39, 0.29) is 0 Å². The number of hydrogen-bond acceptors (Lipinski definition) is 2. The zero-order valence-corrected chi connectivity index (χ0v) is 6.64. The highest BCUT2D eigenvalue weighted by atomic mass is 19.4. The van der Waals surface area contributed by atoms with E-state index in [2.05, 4.69) is 0 Å². The third-order valence-electron chi connectivity index (χ3n) is 1.23. The Kier molecular flexibility index (Phi) is 3.51. The molecule has 0 aliphatic heterocycles. The fourth-order valence-corrected chi connectivity index (χ4v) is 0.416. The molecule has 0 aromatic heterocycles. The van der Waals surface area contributed by atoms with Crippen LogP contribution in [-0.2, 0) is 4.79 Å². The number of alkyl halides is 3. The SMILES string of the molecule is CC(O)C(=O)NC(C)C(F)(F)F. The molecule has 0 saturated heterocycles. The average Bonchev–Trinajstić information content (AvgIpc) is 1.85. The maximum absolute atomic E-state index is 11.8.